The molecule has 0 saturated carbocycles. The highest BCUT2D eigenvalue weighted by atomic mass is 79.9. The Morgan fingerprint density at radius 1 is 1.12 bits per heavy atom. The van der Waals surface area contributed by atoms with Gasteiger partial charge in [0.1, 0.15) is 11.6 Å². The fourth-order valence-electron chi connectivity index (χ4n) is 2.10. The van der Waals surface area contributed by atoms with E-state index >= 15 is 0 Å². The average molecular weight is 393 g/mol. The molecule has 1 heterocycles. The van der Waals surface area contributed by atoms with Crippen molar-refractivity contribution in [2.24, 2.45) is 0 Å². The van der Waals surface area contributed by atoms with Crippen LogP contribution in [0.5, 0.6) is 0 Å². The molecule has 0 aliphatic heterocycles. The number of halogens is 3. The average Bonchev–Trinajstić information content (AvgIpc) is 2.99. The molecule has 4 nitrogen and oxygen atoms in total. The van der Waals surface area contributed by atoms with Crippen LogP contribution in [0.3, 0.4) is 0 Å². The molecular weight excluding hydrogens is 382 g/mol. The summed E-state index contributed by atoms with van der Waals surface area (Å²) in [4.78, 5) is 12.0. The zero-order valence-electron chi connectivity index (χ0n) is 12.2. The van der Waals surface area contributed by atoms with E-state index in [0.29, 0.717) is 21.5 Å². The molecule has 0 bridgehead atoms. The number of amides is 1. The van der Waals surface area contributed by atoms with Gasteiger partial charge in [0.05, 0.1) is 17.8 Å². The lowest BCUT2D eigenvalue weighted by atomic mass is 10.1. The van der Waals surface area contributed by atoms with Gasteiger partial charge in [0.25, 0.3) is 0 Å². The first-order valence-corrected chi connectivity index (χ1v) is 7.77. The first-order chi connectivity index (χ1) is 11.5. The first-order valence-electron chi connectivity index (χ1n) is 6.98. The molecule has 0 aliphatic carbocycles. The van der Waals surface area contributed by atoms with Crippen LogP contribution in [0.1, 0.15) is 5.69 Å². The largest absolute Gasteiger partial charge is 0.356 e. The summed E-state index contributed by atoms with van der Waals surface area (Å²) >= 11 is 3.15. The summed E-state index contributed by atoms with van der Waals surface area (Å²) in [5, 5.41) is 6.28. The van der Waals surface area contributed by atoms with Gasteiger partial charge in [-0.1, -0.05) is 21.1 Å². The lowest BCUT2D eigenvalue weighted by molar-refractivity contribution is -0.115. The molecule has 7 heteroatoms. The zero-order chi connectivity index (χ0) is 17.1. The normalized spacial score (nSPS) is 10.6. The lowest BCUT2D eigenvalue weighted by Crippen LogP contribution is -2.15. The van der Waals surface area contributed by atoms with Gasteiger partial charge in [0.2, 0.25) is 5.91 Å². The van der Waals surface area contributed by atoms with Gasteiger partial charge in [0, 0.05) is 16.1 Å². The molecule has 24 heavy (non-hydrogen) atoms. The van der Waals surface area contributed by atoms with Gasteiger partial charge in [-0.3, -0.25) is 4.79 Å². The van der Waals surface area contributed by atoms with Crippen LogP contribution >= 0.6 is 15.9 Å². The number of benzene rings is 2. The van der Waals surface area contributed by atoms with Crippen LogP contribution in [0.25, 0.3) is 11.3 Å². The molecule has 122 valence electrons. The maximum atomic E-state index is 13.7. The van der Waals surface area contributed by atoms with Gasteiger partial charge < -0.3 is 9.84 Å². The van der Waals surface area contributed by atoms with E-state index in [0.717, 1.165) is 0 Å². The summed E-state index contributed by atoms with van der Waals surface area (Å²) in [6, 6.07) is 11.7. The van der Waals surface area contributed by atoms with Gasteiger partial charge in [-0.2, -0.15) is 0 Å². The number of rotatable bonds is 4. The maximum Gasteiger partial charge on any atom is 0.230 e. The molecule has 0 saturated heterocycles. The Labute approximate surface area is 144 Å². The van der Waals surface area contributed by atoms with Gasteiger partial charge >= 0.3 is 0 Å². The Kier molecular flexibility index (Phi) is 4.71. The minimum absolute atomic E-state index is 0.0692. The van der Waals surface area contributed by atoms with Gasteiger partial charge in [0.15, 0.2) is 5.76 Å². The van der Waals surface area contributed by atoms with Crippen molar-refractivity contribution in [2.75, 3.05) is 5.32 Å². The Bertz CT molecular complexity index is 879. The maximum absolute atomic E-state index is 13.7. The number of aromatic nitrogens is 1. The highest BCUT2D eigenvalue weighted by molar-refractivity contribution is 9.10. The highest BCUT2D eigenvalue weighted by Crippen LogP contribution is 2.22. The van der Waals surface area contributed by atoms with Crippen molar-refractivity contribution in [3.8, 4) is 11.3 Å². The fraction of sp³-hybridized carbons (Fsp3) is 0.0588. The minimum atomic E-state index is -0.537. The SMILES string of the molecule is O=C(Cc1cc(-c2ccc(F)cc2)on1)Nc1ccc(Br)cc1F. The molecule has 3 rings (SSSR count). The quantitative estimate of drug-likeness (QED) is 0.707. The molecule has 0 radical (unpaired) electrons. The van der Waals surface area contributed by atoms with Crippen molar-refractivity contribution in [1.82, 2.24) is 5.16 Å². The van der Waals surface area contributed by atoms with Crippen molar-refractivity contribution < 1.29 is 18.1 Å². The van der Waals surface area contributed by atoms with Crippen LogP contribution in [-0.4, -0.2) is 11.1 Å². The standard InChI is InChI=1S/C17H11BrF2N2O2/c18-11-3-6-15(14(20)7-11)21-17(23)9-13-8-16(24-22-13)10-1-4-12(19)5-2-10/h1-8H,9H2,(H,21,23). The van der Waals surface area contributed by atoms with Crippen molar-refractivity contribution >= 4 is 27.5 Å². The Hall–Kier alpha value is -2.54. The van der Waals surface area contributed by atoms with E-state index in [1.807, 2.05) is 0 Å². The Morgan fingerprint density at radius 2 is 1.88 bits per heavy atom. The molecule has 1 amide bonds. The van der Waals surface area contributed by atoms with Crippen LogP contribution in [0.15, 0.2) is 57.5 Å². The summed E-state index contributed by atoms with van der Waals surface area (Å²) in [6.07, 6.45) is -0.0692. The molecule has 0 unspecified atom stereocenters. The van der Waals surface area contributed by atoms with E-state index in [1.54, 1.807) is 24.3 Å². The second kappa shape index (κ2) is 6.92. The van der Waals surface area contributed by atoms with Gasteiger partial charge in [-0.25, -0.2) is 8.78 Å². The number of anilines is 1. The minimum Gasteiger partial charge on any atom is -0.356 e. The second-order valence-corrected chi connectivity index (χ2v) is 5.95. The topological polar surface area (TPSA) is 55.1 Å². The third kappa shape index (κ3) is 3.86. The van der Waals surface area contributed by atoms with Crippen LogP contribution in [-0.2, 0) is 11.2 Å². The first kappa shape index (κ1) is 16.3. The molecule has 0 spiro atoms. The van der Waals surface area contributed by atoms with Crippen molar-refractivity contribution in [3.05, 3.63) is 70.3 Å². The predicted octanol–water partition coefficient (Wildman–Crippen LogP) is 4.56. The molecule has 2 aromatic carbocycles. The van der Waals surface area contributed by atoms with Gasteiger partial charge in [-0.15, -0.1) is 0 Å². The molecule has 1 N–H and O–H groups in total. The van der Waals surface area contributed by atoms with Crippen LogP contribution in [0, 0.1) is 11.6 Å². The monoisotopic (exact) mass is 392 g/mol. The number of nitrogens with zero attached hydrogens (tertiary/aromatic N) is 1. The van der Waals surface area contributed by atoms with E-state index in [4.69, 9.17) is 4.52 Å². The molecule has 0 fully saturated rings. The van der Waals surface area contributed by atoms with E-state index in [1.165, 1.54) is 24.3 Å². The van der Waals surface area contributed by atoms with Crippen molar-refractivity contribution in [3.63, 3.8) is 0 Å². The number of carbonyl (C=O) groups excluding carboxylic acids is 1. The van der Waals surface area contributed by atoms with E-state index in [9.17, 15) is 13.6 Å². The number of carbonyl (C=O) groups is 1. The molecular formula is C17H11BrF2N2O2. The van der Waals surface area contributed by atoms with Crippen LogP contribution in [0.4, 0.5) is 14.5 Å². The molecule has 1 aromatic heterocycles. The summed E-state index contributed by atoms with van der Waals surface area (Å²) < 4.78 is 32.3. The van der Waals surface area contributed by atoms with Gasteiger partial charge in [-0.05, 0) is 42.5 Å². The summed E-state index contributed by atoms with van der Waals surface area (Å²) in [7, 11) is 0. The third-order valence-corrected chi connectivity index (χ3v) is 3.73. The fourth-order valence-corrected chi connectivity index (χ4v) is 2.43. The van der Waals surface area contributed by atoms with Crippen LogP contribution < -0.4 is 5.32 Å². The third-order valence-electron chi connectivity index (χ3n) is 3.23. The summed E-state index contributed by atoms with van der Waals surface area (Å²) in [5.41, 5.74) is 1.13. The summed E-state index contributed by atoms with van der Waals surface area (Å²) in [6.45, 7) is 0. The number of hydrogen-bond acceptors (Lipinski definition) is 3. The highest BCUT2D eigenvalue weighted by Gasteiger charge is 2.12. The number of nitrogens with one attached hydrogen (secondary N) is 1. The summed E-state index contributed by atoms with van der Waals surface area (Å²) in [5.74, 6) is -0.887. The predicted molar refractivity (Wildman–Crippen MR) is 88.3 cm³/mol. The Balaban J connectivity index is 1.68. The Morgan fingerprint density at radius 3 is 2.58 bits per heavy atom. The number of hydrogen-bond donors (Lipinski definition) is 1. The molecule has 0 atom stereocenters. The van der Waals surface area contributed by atoms with Crippen molar-refractivity contribution in [1.29, 1.82) is 0 Å². The lowest BCUT2D eigenvalue weighted by Gasteiger charge is -2.05. The smallest absolute Gasteiger partial charge is 0.230 e. The zero-order valence-corrected chi connectivity index (χ0v) is 13.8. The van der Waals surface area contributed by atoms with E-state index in [2.05, 4.69) is 26.4 Å². The van der Waals surface area contributed by atoms with E-state index < -0.39 is 11.7 Å². The van der Waals surface area contributed by atoms with E-state index in [-0.39, 0.29) is 17.9 Å². The molecule has 3 aromatic rings. The van der Waals surface area contributed by atoms with Crippen molar-refractivity contribution in [2.45, 2.75) is 6.42 Å². The van der Waals surface area contributed by atoms with Crippen LogP contribution in [0.2, 0.25) is 0 Å². The molecule has 0 aliphatic rings. The second-order valence-electron chi connectivity index (χ2n) is 5.04.